The first kappa shape index (κ1) is 19.8. The molecular weight excluding hydrogens is 378 g/mol. The number of hydrogen-bond acceptors (Lipinski definition) is 5. The summed E-state index contributed by atoms with van der Waals surface area (Å²) in [4.78, 5) is 37.0. The predicted octanol–water partition coefficient (Wildman–Crippen LogP) is 2.26. The average molecular weight is 397 g/mol. The van der Waals surface area contributed by atoms with E-state index in [1.54, 1.807) is 30.3 Å². The smallest absolute Gasteiger partial charge is 0.324 e. The number of anilines is 1. The maximum absolute atomic E-state index is 12.6. The largest absolute Gasteiger partial charge is 0.481 e. The Kier molecular flexibility index (Phi) is 5.44. The predicted molar refractivity (Wildman–Crippen MR) is 106 cm³/mol. The molecule has 0 aromatic heterocycles. The van der Waals surface area contributed by atoms with Crippen LogP contribution >= 0.6 is 0 Å². The highest BCUT2D eigenvalue weighted by Gasteiger charge is 2.33. The molecular formula is C19H19N5O5. The van der Waals surface area contributed by atoms with Gasteiger partial charge in [0.05, 0.1) is 11.3 Å². The van der Waals surface area contributed by atoms with Gasteiger partial charge in [0.25, 0.3) is 5.69 Å². The van der Waals surface area contributed by atoms with Crippen LogP contribution in [-0.2, 0) is 4.79 Å². The highest BCUT2D eigenvalue weighted by atomic mass is 16.6. The molecule has 29 heavy (non-hydrogen) atoms. The lowest BCUT2D eigenvalue weighted by Gasteiger charge is -2.18. The minimum Gasteiger partial charge on any atom is -0.481 e. The normalized spacial score (nSPS) is 13.6. The van der Waals surface area contributed by atoms with Crippen LogP contribution in [0.2, 0.25) is 0 Å². The molecule has 3 rings (SSSR count). The van der Waals surface area contributed by atoms with Crippen LogP contribution in [0.25, 0.3) is 11.1 Å². The third kappa shape index (κ3) is 4.15. The fourth-order valence-electron chi connectivity index (χ4n) is 3.16. The first-order chi connectivity index (χ1) is 13.8. The van der Waals surface area contributed by atoms with Gasteiger partial charge < -0.3 is 15.7 Å². The van der Waals surface area contributed by atoms with Crippen molar-refractivity contribution in [2.45, 2.75) is 6.42 Å². The van der Waals surface area contributed by atoms with Gasteiger partial charge in [-0.15, -0.1) is 0 Å². The summed E-state index contributed by atoms with van der Waals surface area (Å²) in [5.41, 5.74) is 7.23. The Morgan fingerprint density at radius 3 is 2.41 bits per heavy atom. The Morgan fingerprint density at radius 2 is 1.83 bits per heavy atom. The number of rotatable bonds is 7. The summed E-state index contributed by atoms with van der Waals surface area (Å²) in [7, 11) is 0. The van der Waals surface area contributed by atoms with Gasteiger partial charge in [-0.1, -0.05) is 30.3 Å². The van der Waals surface area contributed by atoms with Crippen molar-refractivity contribution in [1.82, 2.24) is 4.90 Å². The molecule has 0 saturated carbocycles. The van der Waals surface area contributed by atoms with E-state index in [0.29, 0.717) is 23.2 Å². The molecule has 150 valence electrons. The molecule has 4 N–H and O–H groups in total. The topological polar surface area (TPSA) is 154 Å². The molecule has 10 heteroatoms. The number of carbonyl (C=O) groups is 2. The molecule has 0 radical (unpaired) electrons. The van der Waals surface area contributed by atoms with Gasteiger partial charge in [0, 0.05) is 31.3 Å². The van der Waals surface area contributed by atoms with E-state index in [1.807, 2.05) is 0 Å². The molecule has 1 fully saturated rings. The molecule has 0 unspecified atom stereocenters. The van der Waals surface area contributed by atoms with Crippen LogP contribution in [0.1, 0.15) is 12.0 Å². The summed E-state index contributed by atoms with van der Waals surface area (Å²) in [5, 5.41) is 27.9. The zero-order chi connectivity index (χ0) is 21.1. The molecule has 0 bridgehead atoms. The Balaban J connectivity index is 1.89. The van der Waals surface area contributed by atoms with Crippen LogP contribution in [0.5, 0.6) is 0 Å². The SMILES string of the molecule is N=C(N)c1ccc(-c2ccc(N3CCN(CCC(=O)O)C3=O)c([N+](=O)[O-])c2)cc1. The molecule has 2 aromatic rings. The zero-order valence-electron chi connectivity index (χ0n) is 15.4. The van der Waals surface area contributed by atoms with Crippen molar-refractivity contribution in [3.8, 4) is 11.1 Å². The number of hydrogen-bond donors (Lipinski definition) is 3. The van der Waals surface area contributed by atoms with E-state index in [-0.39, 0.29) is 36.7 Å². The van der Waals surface area contributed by atoms with Gasteiger partial charge in [-0.2, -0.15) is 0 Å². The monoisotopic (exact) mass is 397 g/mol. The van der Waals surface area contributed by atoms with Gasteiger partial charge in [0.1, 0.15) is 11.5 Å². The van der Waals surface area contributed by atoms with Gasteiger partial charge in [0.2, 0.25) is 0 Å². The van der Waals surface area contributed by atoms with Gasteiger partial charge in [-0.05, 0) is 17.2 Å². The van der Waals surface area contributed by atoms with Crippen molar-refractivity contribution in [3.05, 3.63) is 58.1 Å². The highest BCUT2D eigenvalue weighted by Crippen LogP contribution is 2.35. The minimum atomic E-state index is -1.01. The molecule has 2 aromatic carbocycles. The molecule has 2 amide bonds. The lowest BCUT2D eigenvalue weighted by molar-refractivity contribution is -0.384. The van der Waals surface area contributed by atoms with E-state index < -0.39 is 16.9 Å². The summed E-state index contributed by atoms with van der Waals surface area (Å²) in [5.74, 6) is -1.08. The number of nitrogens with two attached hydrogens (primary N) is 1. The number of amides is 2. The zero-order valence-corrected chi connectivity index (χ0v) is 15.4. The Hall–Kier alpha value is -3.95. The van der Waals surface area contributed by atoms with Gasteiger partial charge in [0.15, 0.2) is 0 Å². The van der Waals surface area contributed by atoms with Crippen molar-refractivity contribution >= 4 is 29.2 Å². The van der Waals surface area contributed by atoms with E-state index in [9.17, 15) is 19.7 Å². The van der Waals surface area contributed by atoms with E-state index in [2.05, 4.69) is 0 Å². The number of nitrogens with zero attached hydrogens (tertiary/aromatic N) is 3. The number of nitro benzene ring substituents is 1. The lowest BCUT2D eigenvalue weighted by atomic mass is 10.0. The number of nitro groups is 1. The molecule has 10 nitrogen and oxygen atoms in total. The van der Waals surface area contributed by atoms with E-state index in [1.165, 1.54) is 21.9 Å². The molecule has 1 saturated heterocycles. The number of nitrogens with one attached hydrogen (secondary N) is 1. The Morgan fingerprint density at radius 1 is 1.17 bits per heavy atom. The quantitative estimate of drug-likeness (QED) is 0.282. The van der Waals surface area contributed by atoms with Crippen LogP contribution < -0.4 is 10.6 Å². The first-order valence-electron chi connectivity index (χ1n) is 8.79. The lowest BCUT2D eigenvalue weighted by Crippen LogP contribution is -2.33. The number of carboxylic acids is 1. The van der Waals surface area contributed by atoms with Crippen molar-refractivity contribution in [3.63, 3.8) is 0 Å². The number of aliphatic carboxylic acids is 1. The second-order valence-corrected chi connectivity index (χ2v) is 6.52. The van der Waals surface area contributed by atoms with Crippen LogP contribution in [0.3, 0.4) is 0 Å². The molecule has 0 aliphatic carbocycles. The molecule has 1 aliphatic heterocycles. The number of nitrogen functional groups attached to an aromatic ring is 1. The average Bonchev–Trinajstić information content (AvgIpc) is 3.06. The summed E-state index contributed by atoms with van der Waals surface area (Å²) in [6, 6.07) is 10.9. The van der Waals surface area contributed by atoms with Gasteiger partial charge in [-0.25, -0.2) is 4.79 Å². The number of benzene rings is 2. The van der Waals surface area contributed by atoms with Crippen LogP contribution in [-0.4, -0.2) is 52.4 Å². The van der Waals surface area contributed by atoms with E-state index in [0.717, 1.165) is 0 Å². The highest BCUT2D eigenvalue weighted by molar-refractivity contribution is 5.97. The van der Waals surface area contributed by atoms with Gasteiger partial charge in [-0.3, -0.25) is 25.2 Å². The van der Waals surface area contributed by atoms with Gasteiger partial charge >= 0.3 is 12.0 Å². The molecule has 1 aliphatic rings. The van der Waals surface area contributed by atoms with Crippen LogP contribution in [0, 0.1) is 15.5 Å². The number of amidine groups is 1. The third-order valence-corrected chi connectivity index (χ3v) is 4.68. The van der Waals surface area contributed by atoms with Crippen LogP contribution in [0.4, 0.5) is 16.2 Å². The molecule has 0 atom stereocenters. The van der Waals surface area contributed by atoms with Crippen LogP contribution in [0.15, 0.2) is 42.5 Å². The fraction of sp³-hybridized carbons (Fsp3) is 0.211. The maximum atomic E-state index is 12.6. The summed E-state index contributed by atoms with van der Waals surface area (Å²) < 4.78 is 0. The van der Waals surface area contributed by atoms with Crippen molar-refractivity contribution < 1.29 is 19.6 Å². The maximum Gasteiger partial charge on any atom is 0.324 e. The van der Waals surface area contributed by atoms with E-state index >= 15 is 0 Å². The summed E-state index contributed by atoms with van der Waals surface area (Å²) >= 11 is 0. The summed E-state index contributed by atoms with van der Waals surface area (Å²) in [6.07, 6.45) is -0.184. The number of carbonyl (C=O) groups excluding carboxylic acids is 1. The van der Waals surface area contributed by atoms with Crippen molar-refractivity contribution in [2.24, 2.45) is 5.73 Å². The molecule has 0 spiro atoms. The third-order valence-electron chi connectivity index (χ3n) is 4.68. The van der Waals surface area contributed by atoms with Crippen molar-refractivity contribution in [1.29, 1.82) is 5.41 Å². The second-order valence-electron chi connectivity index (χ2n) is 6.52. The first-order valence-corrected chi connectivity index (χ1v) is 8.79. The number of carboxylic acid groups (broad SMARTS) is 1. The second kappa shape index (κ2) is 7.97. The number of urea groups is 1. The van der Waals surface area contributed by atoms with E-state index in [4.69, 9.17) is 16.2 Å². The summed E-state index contributed by atoms with van der Waals surface area (Å²) in [6.45, 7) is 0.600. The Bertz CT molecular complexity index is 989. The Labute approximate surface area is 165 Å². The van der Waals surface area contributed by atoms with Crippen molar-refractivity contribution in [2.75, 3.05) is 24.5 Å². The fourth-order valence-corrected chi connectivity index (χ4v) is 3.16. The molecule has 1 heterocycles. The standard InChI is InChI=1S/C19H19N5O5/c20-18(21)13-3-1-12(2-4-13)14-5-6-15(16(11-14)24(28)29)23-10-9-22(19(23)27)8-7-17(25)26/h1-6,11H,7-10H2,(H3,20,21)(H,25,26). The minimum absolute atomic E-state index is 0.0546.